The summed E-state index contributed by atoms with van der Waals surface area (Å²) in [5, 5.41) is 0. The normalized spacial score (nSPS) is 11.2. The van der Waals surface area contributed by atoms with Crippen LogP contribution in [0.5, 0.6) is 0 Å². The molecule has 0 spiro atoms. The lowest BCUT2D eigenvalue weighted by Crippen LogP contribution is -2.15. The van der Waals surface area contributed by atoms with Crippen LogP contribution in [-0.4, -0.2) is 13.4 Å². The number of pyridine rings is 1. The van der Waals surface area contributed by atoms with E-state index in [1.165, 1.54) is 6.20 Å². The van der Waals surface area contributed by atoms with E-state index in [4.69, 9.17) is 0 Å². The van der Waals surface area contributed by atoms with Gasteiger partial charge in [0.1, 0.15) is 0 Å². The third kappa shape index (κ3) is 4.00. The maximum Gasteiger partial charge on any atom is 0.236 e. The molecule has 1 aromatic heterocycles. The lowest BCUT2D eigenvalue weighted by Gasteiger charge is -2.10. The standard InChI is InChI=1S/C19H18N2O2S/c1-15-7-5-6-10-17(15)14-24(22,23)21-18-11-12-19(20-13-18)16-8-3-2-4-9-16/h2-13,21H,14H2,1H3. The molecule has 0 aliphatic carbocycles. The Bertz CT molecular complexity index is 921. The summed E-state index contributed by atoms with van der Waals surface area (Å²) >= 11 is 0. The number of anilines is 1. The first kappa shape index (κ1) is 16.2. The molecule has 0 saturated heterocycles. The summed E-state index contributed by atoms with van der Waals surface area (Å²) in [6.45, 7) is 1.90. The number of hydrogen-bond acceptors (Lipinski definition) is 3. The minimum atomic E-state index is -3.48. The third-order valence-electron chi connectivity index (χ3n) is 3.71. The SMILES string of the molecule is Cc1ccccc1CS(=O)(=O)Nc1ccc(-c2ccccc2)nc1. The zero-order valence-corrected chi connectivity index (χ0v) is 14.1. The average Bonchev–Trinajstić information content (AvgIpc) is 2.58. The molecule has 122 valence electrons. The topological polar surface area (TPSA) is 59.1 Å². The molecule has 0 saturated carbocycles. The van der Waals surface area contributed by atoms with Gasteiger partial charge in [-0.3, -0.25) is 9.71 Å². The first-order valence-electron chi connectivity index (χ1n) is 7.60. The molecule has 1 heterocycles. The van der Waals surface area contributed by atoms with E-state index in [-0.39, 0.29) is 5.75 Å². The fraction of sp³-hybridized carbons (Fsp3) is 0.105. The van der Waals surface area contributed by atoms with E-state index in [0.29, 0.717) is 5.69 Å². The largest absolute Gasteiger partial charge is 0.282 e. The van der Waals surface area contributed by atoms with E-state index in [2.05, 4.69) is 9.71 Å². The lowest BCUT2D eigenvalue weighted by molar-refractivity contribution is 0.600. The molecule has 0 aliphatic heterocycles. The second-order valence-electron chi connectivity index (χ2n) is 5.59. The number of rotatable bonds is 5. The Balaban J connectivity index is 1.75. The Morgan fingerprint density at radius 1 is 0.917 bits per heavy atom. The summed E-state index contributed by atoms with van der Waals surface area (Å²) in [7, 11) is -3.48. The van der Waals surface area contributed by atoms with Crippen LogP contribution in [0.3, 0.4) is 0 Å². The number of sulfonamides is 1. The van der Waals surface area contributed by atoms with Crippen LogP contribution in [0, 0.1) is 6.92 Å². The molecule has 0 amide bonds. The number of aryl methyl sites for hydroxylation is 1. The van der Waals surface area contributed by atoms with E-state index >= 15 is 0 Å². The second kappa shape index (κ2) is 6.84. The van der Waals surface area contributed by atoms with Crippen molar-refractivity contribution in [3.05, 3.63) is 84.1 Å². The van der Waals surface area contributed by atoms with Crippen molar-refractivity contribution < 1.29 is 8.42 Å². The van der Waals surface area contributed by atoms with Crippen molar-refractivity contribution >= 4 is 15.7 Å². The van der Waals surface area contributed by atoms with E-state index in [0.717, 1.165) is 22.4 Å². The van der Waals surface area contributed by atoms with Crippen LogP contribution in [0.15, 0.2) is 72.9 Å². The monoisotopic (exact) mass is 338 g/mol. The molecule has 0 radical (unpaired) electrons. The highest BCUT2D eigenvalue weighted by Gasteiger charge is 2.13. The Hall–Kier alpha value is -2.66. The first-order valence-corrected chi connectivity index (χ1v) is 9.25. The fourth-order valence-corrected chi connectivity index (χ4v) is 3.71. The van der Waals surface area contributed by atoms with Crippen LogP contribution in [0.1, 0.15) is 11.1 Å². The van der Waals surface area contributed by atoms with Gasteiger partial charge in [-0.1, -0.05) is 54.6 Å². The second-order valence-corrected chi connectivity index (χ2v) is 7.31. The molecule has 3 rings (SSSR count). The first-order chi connectivity index (χ1) is 11.5. The number of hydrogen-bond donors (Lipinski definition) is 1. The maximum atomic E-state index is 12.3. The van der Waals surface area contributed by atoms with E-state index in [1.807, 2.05) is 61.5 Å². The molecule has 0 fully saturated rings. The van der Waals surface area contributed by atoms with Crippen molar-refractivity contribution in [3.8, 4) is 11.3 Å². The number of benzene rings is 2. The lowest BCUT2D eigenvalue weighted by atomic mass is 10.1. The van der Waals surface area contributed by atoms with Gasteiger partial charge in [-0.05, 0) is 30.2 Å². The molecule has 4 nitrogen and oxygen atoms in total. The van der Waals surface area contributed by atoms with Gasteiger partial charge in [0, 0.05) is 5.56 Å². The number of nitrogens with one attached hydrogen (secondary N) is 1. The van der Waals surface area contributed by atoms with Gasteiger partial charge in [-0.25, -0.2) is 8.42 Å². The average molecular weight is 338 g/mol. The molecular weight excluding hydrogens is 320 g/mol. The van der Waals surface area contributed by atoms with Gasteiger partial charge < -0.3 is 0 Å². The van der Waals surface area contributed by atoms with E-state index in [1.54, 1.807) is 12.1 Å². The van der Waals surface area contributed by atoms with Crippen LogP contribution >= 0.6 is 0 Å². The highest BCUT2D eigenvalue weighted by molar-refractivity contribution is 7.91. The van der Waals surface area contributed by atoms with Crippen LogP contribution in [0.2, 0.25) is 0 Å². The molecule has 24 heavy (non-hydrogen) atoms. The summed E-state index contributed by atoms with van der Waals surface area (Å²) in [5.74, 6) is -0.0554. The van der Waals surface area contributed by atoms with Crippen LogP contribution < -0.4 is 4.72 Å². The Morgan fingerprint density at radius 3 is 2.29 bits per heavy atom. The highest BCUT2D eigenvalue weighted by atomic mass is 32.2. The maximum absolute atomic E-state index is 12.3. The van der Waals surface area contributed by atoms with Crippen molar-refractivity contribution in [3.63, 3.8) is 0 Å². The zero-order valence-electron chi connectivity index (χ0n) is 13.3. The molecule has 0 atom stereocenters. The molecule has 0 unspecified atom stereocenters. The van der Waals surface area contributed by atoms with E-state index < -0.39 is 10.0 Å². The van der Waals surface area contributed by atoms with Gasteiger partial charge in [0.2, 0.25) is 10.0 Å². The predicted molar refractivity (Wildman–Crippen MR) is 97.1 cm³/mol. The molecule has 2 aromatic carbocycles. The van der Waals surface area contributed by atoms with E-state index in [9.17, 15) is 8.42 Å². The van der Waals surface area contributed by atoms with Crippen molar-refractivity contribution in [2.45, 2.75) is 12.7 Å². The van der Waals surface area contributed by atoms with Gasteiger partial charge in [-0.15, -0.1) is 0 Å². The third-order valence-corrected chi connectivity index (χ3v) is 4.95. The Morgan fingerprint density at radius 2 is 1.62 bits per heavy atom. The van der Waals surface area contributed by atoms with Gasteiger partial charge in [0.15, 0.2) is 0 Å². The van der Waals surface area contributed by atoms with Gasteiger partial charge in [0.05, 0.1) is 23.3 Å². The van der Waals surface area contributed by atoms with Crippen LogP contribution in [0.25, 0.3) is 11.3 Å². The van der Waals surface area contributed by atoms with Crippen LogP contribution in [0.4, 0.5) is 5.69 Å². The smallest absolute Gasteiger partial charge is 0.236 e. The Kier molecular flexibility index (Phi) is 4.62. The van der Waals surface area contributed by atoms with Crippen molar-refractivity contribution in [2.24, 2.45) is 0 Å². The summed E-state index contributed by atoms with van der Waals surface area (Å²) in [4.78, 5) is 4.33. The molecule has 0 aliphatic rings. The minimum absolute atomic E-state index is 0.0554. The zero-order chi connectivity index (χ0) is 17.0. The fourth-order valence-electron chi connectivity index (χ4n) is 2.43. The summed E-state index contributed by atoms with van der Waals surface area (Å²) in [5.41, 5.74) is 4.01. The van der Waals surface area contributed by atoms with Gasteiger partial charge >= 0.3 is 0 Å². The van der Waals surface area contributed by atoms with Crippen molar-refractivity contribution in [1.29, 1.82) is 0 Å². The Labute approximate surface area is 142 Å². The summed E-state index contributed by atoms with van der Waals surface area (Å²) in [6.07, 6.45) is 1.54. The van der Waals surface area contributed by atoms with Crippen molar-refractivity contribution in [2.75, 3.05) is 4.72 Å². The number of aromatic nitrogens is 1. The van der Waals surface area contributed by atoms with Gasteiger partial charge in [-0.2, -0.15) is 0 Å². The predicted octanol–water partition coefficient (Wildman–Crippen LogP) is 4.00. The quantitative estimate of drug-likeness (QED) is 0.765. The molecule has 1 N–H and O–H groups in total. The number of nitrogens with zero attached hydrogens (tertiary/aromatic N) is 1. The minimum Gasteiger partial charge on any atom is -0.282 e. The van der Waals surface area contributed by atoms with Crippen LogP contribution in [-0.2, 0) is 15.8 Å². The summed E-state index contributed by atoms with van der Waals surface area (Å²) in [6, 6.07) is 20.7. The van der Waals surface area contributed by atoms with Crippen molar-refractivity contribution in [1.82, 2.24) is 4.98 Å². The molecule has 3 aromatic rings. The molecular formula is C19H18N2O2S. The highest BCUT2D eigenvalue weighted by Crippen LogP contribution is 2.19. The molecule has 5 heteroatoms. The van der Waals surface area contributed by atoms with Gasteiger partial charge in [0.25, 0.3) is 0 Å². The summed E-state index contributed by atoms with van der Waals surface area (Å²) < 4.78 is 27.3. The molecule has 0 bridgehead atoms.